The second-order valence-corrected chi connectivity index (χ2v) is 9.77. The zero-order chi connectivity index (χ0) is 27.0. The summed E-state index contributed by atoms with van der Waals surface area (Å²) in [6.45, 7) is 11.1. The van der Waals surface area contributed by atoms with E-state index >= 15 is 0 Å². The number of ether oxygens (including phenoxy) is 2. The molecule has 0 fully saturated rings. The summed E-state index contributed by atoms with van der Waals surface area (Å²) in [5, 5.41) is 10.6. The molecule has 2 N–H and O–H groups in total. The van der Waals surface area contributed by atoms with E-state index in [-0.39, 0.29) is 24.4 Å². The molecule has 0 radical (unpaired) electrons. The first-order valence-corrected chi connectivity index (χ1v) is 12.4. The molecule has 3 amide bonds. The van der Waals surface area contributed by atoms with Crippen LogP contribution in [-0.2, 0) is 14.9 Å². The summed E-state index contributed by atoms with van der Waals surface area (Å²) in [6, 6.07) is 16.5. The molecule has 0 aliphatic heterocycles. The van der Waals surface area contributed by atoms with Crippen LogP contribution in [0.15, 0.2) is 54.6 Å². The van der Waals surface area contributed by atoms with Crippen LogP contribution in [-0.4, -0.2) is 60.0 Å². The van der Waals surface area contributed by atoms with Crippen LogP contribution >= 0.6 is 0 Å². The minimum absolute atomic E-state index is 0.157. The van der Waals surface area contributed by atoms with Gasteiger partial charge in [0.05, 0.1) is 24.6 Å². The second-order valence-electron chi connectivity index (χ2n) is 9.77. The van der Waals surface area contributed by atoms with Crippen LogP contribution in [0.1, 0.15) is 39.0 Å². The standard InChI is InChI=1S/C28H37N5O4/c1-7-37-23-13-11-21(12-14-23)29-27(35)32(15-16-36-6)19-26(34)30-25-18-24(28(3,4)5)31-33(25)22-10-8-9-20(2)17-22/h8-14,17-18H,7,15-16,19H2,1-6H3,(H,29,35)(H,30,34). The molecule has 0 aliphatic carbocycles. The third kappa shape index (κ3) is 7.82. The molecule has 9 nitrogen and oxygen atoms in total. The third-order valence-electron chi connectivity index (χ3n) is 5.60. The number of carbonyl (C=O) groups is 2. The van der Waals surface area contributed by atoms with Gasteiger partial charge in [-0.15, -0.1) is 0 Å². The zero-order valence-corrected chi connectivity index (χ0v) is 22.5. The fourth-order valence-corrected chi connectivity index (χ4v) is 3.61. The molecular weight excluding hydrogens is 470 g/mol. The minimum Gasteiger partial charge on any atom is -0.494 e. The highest BCUT2D eigenvalue weighted by Gasteiger charge is 2.23. The van der Waals surface area contributed by atoms with Gasteiger partial charge in [0.25, 0.3) is 0 Å². The van der Waals surface area contributed by atoms with Gasteiger partial charge in [-0.2, -0.15) is 5.10 Å². The van der Waals surface area contributed by atoms with Crippen LogP contribution in [0, 0.1) is 6.92 Å². The fourth-order valence-electron chi connectivity index (χ4n) is 3.61. The van der Waals surface area contributed by atoms with Gasteiger partial charge in [-0.1, -0.05) is 32.9 Å². The number of benzene rings is 2. The Hall–Kier alpha value is -3.85. The minimum atomic E-state index is -0.404. The molecule has 0 saturated carbocycles. The normalized spacial score (nSPS) is 11.2. The highest BCUT2D eigenvalue weighted by Crippen LogP contribution is 2.26. The average Bonchev–Trinajstić information content (AvgIpc) is 3.27. The Morgan fingerprint density at radius 2 is 1.78 bits per heavy atom. The summed E-state index contributed by atoms with van der Waals surface area (Å²) >= 11 is 0. The molecule has 0 unspecified atom stereocenters. The fraction of sp³-hybridized carbons (Fsp3) is 0.393. The van der Waals surface area contributed by atoms with E-state index in [2.05, 4.69) is 31.4 Å². The number of rotatable bonds is 10. The van der Waals surface area contributed by atoms with E-state index < -0.39 is 6.03 Å². The van der Waals surface area contributed by atoms with Crippen LogP contribution in [0.2, 0.25) is 0 Å². The molecule has 198 valence electrons. The average molecular weight is 508 g/mol. The molecule has 9 heteroatoms. The van der Waals surface area contributed by atoms with Crippen LogP contribution in [0.4, 0.5) is 16.3 Å². The molecule has 0 saturated heterocycles. The highest BCUT2D eigenvalue weighted by molar-refractivity contribution is 5.96. The van der Waals surface area contributed by atoms with Crippen molar-refractivity contribution < 1.29 is 19.1 Å². The van der Waals surface area contributed by atoms with Crippen molar-refractivity contribution in [2.24, 2.45) is 0 Å². The number of methoxy groups -OCH3 is 1. The molecule has 2 aromatic carbocycles. The molecular formula is C28H37N5O4. The Balaban J connectivity index is 1.77. The van der Waals surface area contributed by atoms with Gasteiger partial charge in [0.1, 0.15) is 18.1 Å². The summed E-state index contributed by atoms with van der Waals surface area (Å²) in [4.78, 5) is 27.6. The Labute approximate surface area is 218 Å². The molecule has 0 aliphatic rings. The van der Waals surface area contributed by atoms with Gasteiger partial charge in [0, 0.05) is 30.8 Å². The van der Waals surface area contributed by atoms with E-state index in [0.29, 0.717) is 24.7 Å². The van der Waals surface area contributed by atoms with Gasteiger partial charge in [0.2, 0.25) is 5.91 Å². The van der Waals surface area contributed by atoms with E-state index in [4.69, 9.17) is 14.6 Å². The van der Waals surface area contributed by atoms with Crippen molar-refractivity contribution in [3.63, 3.8) is 0 Å². The molecule has 0 spiro atoms. The van der Waals surface area contributed by atoms with Gasteiger partial charge < -0.3 is 25.0 Å². The van der Waals surface area contributed by atoms with Gasteiger partial charge in [0.15, 0.2) is 0 Å². The zero-order valence-electron chi connectivity index (χ0n) is 22.5. The van der Waals surface area contributed by atoms with Crippen molar-refractivity contribution in [1.29, 1.82) is 0 Å². The van der Waals surface area contributed by atoms with Crippen molar-refractivity contribution in [1.82, 2.24) is 14.7 Å². The van der Waals surface area contributed by atoms with E-state index in [1.807, 2.05) is 44.2 Å². The van der Waals surface area contributed by atoms with Crippen LogP contribution in [0.3, 0.4) is 0 Å². The van der Waals surface area contributed by atoms with Crippen LogP contribution < -0.4 is 15.4 Å². The number of nitrogens with zero attached hydrogens (tertiary/aromatic N) is 3. The third-order valence-corrected chi connectivity index (χ3v) is 5.60. The summed E-state index contributed by atoms with van der Waals surface area (Å²) in [7, 11) is 1.55. The first-order chi connectivity index (χ1) is 17.6. The lowest BCUT2D eigenvalue weighted by Crippen LogP contribution is -2.42. The number of aromatic nitrogens is 2. The number of nitrogens with one attached hydrogen (secondary N) is 2. The van der Waals surface area contributed by atoms with E-state index in [0.717, 1.165) is 22.7 Å². The summed E-state index contributed by atoms with van der Waals surface area (Å²) in [5.41, 5.74) is 3.16. The maximum absolute atomic E-state index is 13.1. The Morgan fingerprint density at radius 1 is 1.05 bits per heavy atom. The number of anilines is 2. The largest absolute Gasteiger partial charge is 0.494 e. The first kappa shape index (κ1) is 27.7. The smallest absolute Gasteiger partial charge is 0.322 e. The van der Waals surface area contributed by atoms with Crippen LogP contribution in [0.25, 0.3) is 5.69 Å². The number of amides is 3. The molecule has 3 aromatic rings. The Kier molecular flexibility index (Phi) is 9.30. The van der Waals surface area contributed by atoms with Crippen LogP contribution in [0.5, 0.6) is 5.75 Å². The maximum atomic E-state index is 13.1. The monoisotopic (exact) mass is 507 g/mol. The SMILES string of the molecule is CCOc1ccc(NC(=O)N(CCOC)CC(=O)Nc2cc(C(C)(C)C)nn2-c2cccc(C)c2)cc1. The predicted octanol–water partition coefficient (Wildman–Crippen LogP) is 5.00. The first-order valence-electron chi connectivity index (χ1n) is 12.4. The van der Waals surface area contributed by atoms with E-state index in [9.17, 15) is 9.59 Å². The van der Waals surface area contributed by atoms with Gasteiger partial charge in [-0.05, 0) is 55.8 Å². The maximum Gasteiger partial charge on any atom is 0.322 e. The van der Waals surface area contributed by atoms with Crippen molar-refractivity contribution in [3.05, 3.63) is 65.9 Å². The lowest BCUT2D eigenvalue weighted by atomic mass is 9.92. The number of urea groups is 1. The topological polar surface area (TPSA) is 97.7 Å². The molecule has 37 heavy (non-hydrogen) atoms. The number of carbonyl (C=O) groups excluding carboxylic acids is 2. The lowest BCUT2D eigenvalue weighted by Gasteiger charge is -2.22. The van der Waals surface area contributed by atoms with Crippen molar-refractivity contribution >= 4 is 23.4 Å². The summed E-state index contributed by atoms with van der Waals surface area (Å²) < 4.78 is 12.3. The summed E-state index contributed by atoms with van der Waals surface area (Å²) in [5.74, 6) is 0.919. The second kappa shape index (κ2) is 12.4. The Morgan fingerprint density at radius 3 is 2.41 bits per heavy atom. The molecule has 3 rings (SSSR count). The molecule has 0 bridgehead atoms. The molecule has 1 heterocycles. The van der Waals surface area contributed by atoms with Gasteiger partial charge in [-0.3, -0.25) is 4.79 Å². The highest BCUT2D eigenvalue weighted by atomic mass is 16.5. The molecule has 1 aromatic heterocycles. The number of aryl methyl sites for hydroxylation is 1. The van der Waals surface area contributed by atoms with Gasteiger partial charge in [-0.25, -0.2) is 9.48 Å². The van der Waals surface area contributed by atoms with Crippen molar-refractivity contribution in [2.45, 2.75) is 40.0 Å². The number of hydrogen-bond donors (Lipinski definition) is 2. The van der Waals surface area contributed by atoms with E-state index in [1.54, 1.807) is 36.1 Å². The Bertz CT molecular complexity index is 1200. The van der Waals surface area contributed by atoms with E-state index in [1.165, 1.54) is 4.90 Å². The van der Waals surface area contributed by atoms with Crippen molar-refractivity contribution in [3.8, 4) is 11.4 Å². The molecule has 0 atom stereocenters. The van der Waals surface area contributed by atoms with Crippen molar-refractivity contribution in [2.75, 3.05) is 44.0 Å². The quantitative estimate of drug-likeness (QED) is 0.403. The number of hydrogen-bond acceptors (Lipinski definition) is 5. The lowest BCUT2D eigenvalue weighted by molar-refractivity contribution is -0.116. The predicted molar refractivity (Wildman–Crippen MR) is 146 cm³/mol. The summed E-state index contributed by atoms with van der Waals surface area (Å²) in [6.07, 6.45) is 0. The van der Waals surface area contributed by atoms with Gasteiger partial charge >= 0.3 is 6.03 Å².